The predicted octanol–water partition coefficient (Wildman–Crippen LogP) is 2.63. The molecule has 3 heterocycles. The van der Waals surface area contributed by atoms with Gasteiger partial charge >= 0.3 is 0 Å². The van der Waals surface area contributed by atoms with E-state index in [1.807, 2.05) is 6.07 Å². The first-order valence-electron chi connectivity index (χ1n) is 7.95. The van der Waals surface area contributed by atoms with Gasteiger partial charge in [0.2, 0.25) is 15.0 Å². The Morgan fingerprint density at radius 1 is 1.07 bits per heavy atom. The third-order valence-electron chi connectivity index (χ3n) is 3.97. The lowest BCUT2D eigenvalue weighted by molar-refractivity contribution is 0.593. The fraction of sp³-hybridized carbons (Fsp3) is 0.111. The van der Waals surface area contributed by atoms with Crippen molar-refractivity contribution in [3.8, 4) is 22.5 Å². The Balaban J connectivity index is 2.01. The van der Waals surface area contributed by atoms with E-state index >= 15 is 0 Å². The molecule has 0 fully saturated rings. The van der Waals surface area contributed by atoms with Gasteiger partial charge in [0.05, 0.1) is 11.4 Å². The standard InChI is InChI=1S/C18H14FN5O2S/c1-24-10-12-9-14(15-7-8-20-18(21-15)27(2,25)26)16(22-17(12)23-24)11-3-5-13(19)6-4-11/h3-10H,1-2H3. The third-order valence-corrected chi connectivity index (χ3v) is 4.83. The molecule has 7 nitrogen and oxygen atoms in total. The summed E-state index contributed by atoms with van der Waals surface area (Å²) in [6, 6.07) is 9.34. The maximum absolute atomic E-state index is 13.3. The number of sulfone groups is 1. The molecule has 0 bridgehead atoms. The van der Waals surface area contributed by atoms with Gasteiger partial charge in [0.15, 0.2) is 5.65 Å². The van der Waals surface area contributed by atoms with E-state index in [1.54, 1.807) is 36.1 Å². The molecule has 0 N–H and O–H groups in total. The van der Waals surface area contributed by atoms with Crippen molar-refractivity contribution in [1.82, 2.24) is 24.7 Å². The highest BCUT2D eigenvalue weighted by atomic mass is 32.2. The van der Waals surface area contributed by atoms with Gasteiger partial charge in [-0.3, -0.25) is 4.68 Å². The van der Waals surface area contributed by atoms with E-state index < -0.39 is 9.84 Å². The molecule has 0 atom stereocenters. The van der Waals surface area contributed by atoms with Crippen molar-refractivity contribution in [2.24, 2.45) is 7.05 Å². The summed E-state index contributed by atoms with van der Waals surface area (Å²) in [4.78, 5) is 12.6. The van der Waals surface area contributed by atoms with E-state index in [1.165, 1.54) is 18.3 Å². The van der Waals surface area contributed by atoms with Gasteiger partial charge in [0.25, 0.3) is 0 Å². The van der Waals surface area contributed by atoms with Crippen molar-refractivity contribution in [3.05, 3.63) is 54.6 Å². The van der Waals surface area contributed by atoms with Crippen LogP contribution in [0.3, 0.4) is 0 Å². The van der Waals surface area contributed by atoms with Crippen LogP contribution in [-0.4, -0.2) is 39.4 Å². The van der Waals surface area contributed by atoms with Crippen LogP contribution in [0.1, 0.15) is 0 Å². The third kappa shape index (κ3) is 3.28. The Hall–Kier alpha value is -3.20. The van der Waals surface area contributed by atoms with E-state index in [0.29, 0.717) is 28.2 Å². The summed E-state index contributed by atoms with van der Waals surface area (Å²) in [5, 5.41) is 4.82. The SMILES string of the molecule is Cn1cc2cc(-c3ccnc(S(C)(=O)=O)n3)c(-c3ccc(F)cc3)nc2n1. The lowest BCUT2D eigenvalue weighted by Gasteiger charge is -2.09. The zero-order valence-electron chi connectivity index (χ0n) is 14.5. The molecule has 0 saturated heterocycles. The number of rotatable bonds is 3. The second-order valence-electron chi connectivity index (χ2n) is 6.10. The summed E-state index contributed by atoms with van der Waals surface area (Å²) in [6.45, 7) is 0. The number of halogens is 1. The van der Waals surface area contributed by atoms with Crippen LogP contribution in [0, 0.1) is 5.82 Å². The van der Waals surface area contributed by atoms with Crippen LogP contribution in [0.2, 0.25) is 0 Å². The second kappa shape index (κ2) is 6.20. The highest BCUT2D eigenvalue weighted by molar-refractivity contribution is 7.90. The first kappa shape index (κ1) is 17.2. The summed E-state index contributed by atoms with van der Waals surface area (Å²) < 4.78 is 38.6. The van der Waals surface area contributed by atoms with Gasteiger partial charge in [-0.25, -0.2) is 27.8 Å². The molecule has 0 aliphatic heterocycles. The van der Waals surface area contributed by atoms with Crippen LogP contribution in [0.5, 0.6) is 0 Å². The summed E-state index contributed by atoms with van der Waals surface area (Å²) in [5.74, 6) is -0.361. The minimum Gasteiger partial charge on any atom is -0.273 e. The van der Waals surface area contributed by atoms with E-state index in [9.17, 15) is 12.8 Å². The summed E-state index contributed by atoms with van der Waals surface area (Å²) in [7, 11) is -1.78. The summed E-state index contributed by atoms with van der Waals surface area (Å²) in [5.41, 5.74) is 2.73. The number of hydrogen-bond acceptors (Lipinski definition) is 6. The Morgan fingerprint density at radius 2 is 1.81 bits per heavy atom. The normalized spacial score (nSPS) is 11.8. The van der Waals surface area contributed by atoms with Crippen molar-refractivity contribution in [1.29, 1.82) is 0 Å². The van der Waals surface area contributed by atoms with Crippen molar-refractivity contribution in [3.63, 3.8) is 0 Å². The molecule has 0 aliphatic rings. The van der Waals surface area contributed by atoms with Crippen molar-refractivity contribution >= 4 is 20.9 Å². The molecule has 0 aliphatic carbocycles. The average Bonchev–Trinajstić information content (AvgIpc) is 3.00. The largest absolute Gasteiger partial charge is 0.273 e. The highest BCUT2D eigenvalue weighted by Crippen LogP contribution is 2.32. The number of aryl methyl sites for hydroxylation is 1. The number of hydrogen-bond donors (Lipinski definition) is 0. The van der Waals surface area contributed by atoms with Gasteiger partial charge < -0.3 is 0 Å². The summed E-state index contributed by atoms with van der Waals surface area (Å²) in [6.07, 6.45) is 4.25. The maximum atomic E-state index is 13.3. The van der Waals surface area contributed by atoms with Gasteiger partial charge in [-0.05, 0) is 36.4 Å². The smallest absolute Gasteiger partial charge is 0.247 e. The van der Waals surface area contributed by atoms with Crippen molar-refractivity contribution in [2.45, 2.75) is 5.16 Å². The lowest BCUT2D eigenvalue weighted by atomic mass is 10.0. The van der Waals surface area contributed by atoms with E-state index in [4.69, 9.17) is 0 Å². The second-order valence-corrected chi connectivity index (χ2v) is 8.01. The topological polar surface area (TPSA) is 90.6 Å². The molecule has 0 spiro atoms. The van der Waals surface area contributed by atoms with Gasteiger partial charge in [0, 0.05) is 42.2 Å². The monoisotopic (exact) mass is 383 g/mol. The number of aromatic nitrogens is 5. The predicted molar refractivity (Wildman–Crippen MR) is 98.0 cm³/mol. The number of pyridine rings is 1. The quantitative estimate of drug-likeness (QED) is 0.505. The zero-order valence-corrected chi connectivity index (χ0v) is 15.3. The van der Waals surface area contributed by atoms with Crippen LogP contribution < -0.4 is 0 Å². The molecule has 0 amide bonds. The molecule has 136 valence electrons. The van der Waals surface area contributed by atoms with Gasteiger partial charge in [-0.15, -0.1) is 0 Å². The number of fused-ring (bicyclic) bond motifs is 1. The summed E-state index contributed by atoms with van der Waals surface area (Å²) >= 11 is 0. The molecule has 9 heteroatoms. The molecule has 0 unspecified atom stereocenters. The molecule has 4 rings (SSSR count). The van der Waals surface area contributed by atoms with Crippen LogP contribution in [0.15, 0.2) is 53.9 Å². The first-order valence-corrected chi connectivity index (χ1v) is 9.84. The Bertz CT molecular complexity index is 1270. The van der Waals surface area contributed by atoms with E-state index in [2.05, 4.69) is 20.1 Å². The average molecular weight is 383 g/mol. The van der Waals surface area contributed by atoms with E-state index in [-0.39, 0.29) is 11.0 Å². The molecule has 27 heavy (non-hydrogen) atoms. The minimum absolute atomic E-state index is 0.267. The Labute approximate surface area is 154 Å². The van der Waals surface area contributed by atoms with Gasteiger partial charge in [-0.2, -0.15) is 5.10 Å². The molecular formula is C18H14FN5O2S. The fourth-order valence-electron chi connectivity index (χ4n) is 2.77. The Kier molecular flexibility index (Phi) is 3.96. The van der Waals surface area contributed by atoms with Crippen LogP contribution in [0.4, 0.5) is 4.39 Å². The molecule has 0 radical (unpaired) electrons. The van der Waals surface area contributed by atoms with Crippen LogP contribution in [0.25, 0.3) is 33.5 Å². The van der Waals surface area contributed by atoms with Crippen molar-refractivity contribution < 1.29 is 12.8 Å². The Morgan fingerprint density at radius 3 is 2.52 bits per heavy atom. The first-order chi connectivity index (χ1) is 12.8. The minimum atomic E-state index is -3.56. The van der Waals surface area contributed by atoms with Crippen molar-refractivity contribution in [2.75, 3.05) is 6.26 Å². The van der Waals surface area contributed by atoms with Gasteiger partial charge in [0.1, 0.15) is 5.82 Å². The lowest BCUT2D eigenvalue weighted by Crippen LogP contribution is -2.04. The maximum Gasteiger partial charge on any atom is 0.247 e. The number of nitrogens with zero attached hydrogens (tertiary/aromatic N) is 5. The fourth-order valence-corrected chi connectivity index (χ4v) is 3.28. The molecular weight excluding hydrogens is 369 g/mol. The van der Waals surface area contributed by atoms with Gasteiger partial charge in [-0.1, -0.05) is 0 Å². The molecule has 1 aromatic carbocycles. The highest BCUT2D eigenvalue weighted by Gasteiger charge is 2.17. The zero-order chi connectivity index (χ0) is 19.2. The number of benzene rings is 1. The molecule has 4 aromatic rings. The molecule has 3 aromatic heterocycles. The van der Waals surface area contributed by atoms with Crippen LogP contribution >= 0.6 is 0 Å². The van der Waals surface area contributed by atoms with Crippen LogP contribution in [-0.2, 0) is 16.9 Å². The molecule has 0 saturated carbocycles. The van der Waals surface area contributed by atoms with E-state index in [0.717, 1.165) is 11.6 Å².